The molecule has 0 radical (unpaired) electrons. The van der Waals surface area contributed by atoms with Crippen molar-refractivity contribution in [2.75, 3.05) is 13.1 Å². The van der Waals surface area contributed by atoms with E-state index in [2.05, 4.69) is 45.5 Å². The van der Waals surface area contributed by atoms with Crippen LogP contribution in [-0.2, 0) is 0 Å². The molecular weight excluding hydrogens is 274 g/mol. The maximum absolute atomic E-state index is 3.57. The Morgan fingerprint density at radius 2 is 1.82 bits per heavy atom. The van der Waals surface area contributed by atoms with Crippen LogP contribution in [0.1, 0.15) is 37.2 Å². The van der Waals surface area contributed by atoms with E-state index in [-0.39, 0.29) is 0 Å². The molecule has 1 aliphatic carbocycles. The van der Waals surface area contributed by atoms with E-state index in [0.29, 0.717) is 0 Å². The second-order valence-corrected chi connectivity index (χ2v) is 6.42. The van der Waals surface area contributed by atoms with Crippen LogP contribution in [0.15, 0.2) is 28.7 Å². The Labute approximate surface area is 112 Å². The number of halogens is 1. The Hall–Kier alpha value is -0.340. The van der Waals surface area contributed by atoms with Gasteiger partial charge in [0, 0.05) is 11.0 Å². The van der Waals surface area contributed by atoms with Crippen molar-refractivity contribution in [3.63, 3.8) is 0 Å². The summed E-state index contributed by atoms with van der Waals surface area (Å²) in [5.41, 5.74) is 1.53. The summed E-state index contributed by atoms with van der Waals surface area (Å²) in [5.74, 6) is 2.67. The lowest BCUT2D eigenvalue weighted by atomic mass is 9.66. The first-order valence-corrected chi connectivity index (χ1v) is 7.60. The lowest BCUT2D eigenvalue weighted by molar-refractivity contribution is 0.146. The molecule has 2 heteroatoms. The van der Waals surface area contributed by atoms with Gasteiger partial charge in [-0.2, -0.15) is 0 Å². The fourth-order valence-corrected chi connectivity index (χ4v) is 3.65. The van der Waals surface area contributed by atoms with Crippen molar-refractivity contribution in [2.24, 2.45) is 11.8 Å². The van der Waals surface area contributed by atoms with Gasteiger partial charge >= 0.3 is 0 Å². The molecule has 0 spiro atoms. The van der Waals surface area contributed by atoms with E-state index in [1.807, 2.05) is 0 Å². The van der Waals surface area contributed by atoms with Gasteiger partial charge in [0.1, 0.15) is 0 Å². The van der Waals surface area contributed by atoms with Gasteiger partial charge in [-0.05, 0) is 48.4 Å². The van der Waals surface area contributed by atoms with E-state index in [9.17, 15) is 0 Å². The van der Waals surface area contributed by atoms with Crippen LogP contribution in [-0.4, -0.2) is 13.1 Å². The molecule has 1 aromatic rings. The van der Waals surface area contributed by atoms with Crippen LogP contribution >= 0.6 is 15.9 Å². The fraction of sp³-hybridized carbons (Fsp3) is 0.600. The molecule has 1 aliphatic heterocycles. The van der Waals surface area contributed by atoms with Crippen LogP contribution in [0.5, 0.6) is 0 Å². The number of hydrogen-bond acceptors (Lipinski definition) is 1. The van der Waals surface area contributed by atoms with Crippen LogP contribution < -0.4 is 5.32 Å². The first-order valence-electron chi connectivity index (χ1n) is 6.81. The van der Waals surface area contributed by atoms with Crippen LogP contribution in [0.4, 0.5) is 0 Å². The molecule has 1 aromatic carbocycles. The van der Waals surface area contributed by atoms with Crippen molar-refractivity contribution in [3.05, 3.63) is 34.3 Å². The molecule has 2 aliphatic rings. The second-order valence-electron chi connectivity index (χ2n) is 5.51. The monoisotopic (exact) mass is 293 g/mol. The summed E-state index contributed by atoms with van der Waals surface area (Å²) >= 11 is 3.52. The second kappa shape index (κ2) is 5.11. The van der Waals surface area contributed by atoms with Gasteiger partial charge in [-0.1, -0.05) is 47.3 Å². The molecule has 2 unspecified atom stereocenters. The van der Waals surface area contributed by atoms with E-state index < -0.39 is 0 Å². The highest BCUT2D eigenvalue weighted by atomic mass is 79.9. The minimum Gasteiger partial charge on any atom is -0.316 e. The molecule has 2 fully saturated rings. The first kappa shape index (κ1) is 11.7. The highest BCUT2D eigenvalue weighted by molar-refractivity contribution is 9.10. The third-order valence-electron chi connectivity index (χ3n) is 4.59. The predicted molar refractivity (Wildman–Crippen MR) is 75.2 cm³/mol. The van der Waals surface area contributed by atoms with Crippen molar-refractivity contribution in [2.45, 2.75) is 31.6 Å². The lowest BCUT2D eigenvalue weighted by Crippen LogP contribution is -2.40. The number of piperidine rings is 1. The minimum absolute atomic E-state index is 0.738. The molecule has 2 atom stereocenters. The van der Waals surface area contributed by atoms with Gasteiger partial charge in [-0.15, -0.1) is 0 Å². The number of benzene rings is 1. The summed E-state index contributed by atoms with van der Waals surface area (Å²) in [6.07, 6.45) is 5.77. The topological polar surface area (TPSA) is 12.0 Å². The maximum atomic E-state index is 3.57. The van der Waals surface area contributed by atoms with E-state index in [4.69, 9.17) is 0 Å². The summed E-state index contributed by atoms with van der Waals surface area (Å²) < 4.78 is 1.19. The first-order chi connectivity index (χ1) is 8.34. The smallest absolute Gasteiger partial charge is 0.0175 e. The fourth-order valence-electron chi connectivity index (χ4n) is 3.39. The predicted octanol–water partition coefficient (Wildman–Crippen LogP) is 3.94. The van der Waals surface area contributed by atoms with Crippen molar-refractivity contribution in [3.8, 4) is 0 Å². The maximum Gasteiger partial charge on any atom is 0.0175 e. The van der Waals surface area contributed by atoms with Gasteiger partial charge in [-0.3, -0.25) is 0 Å². The third kappa shape index (κ3) is 2.43. The molecule has 1 N–H and O–H groups in total. The summed E-state index contributed by atoms with van der Waals surface area (Å²) in [6.45, 7) is 2.39. The van der Waals surface area contributed by atoms with Gasteiger partial charge in [-0.25, -0.2) is 0 Å². The SMILES string of the molecule is Brc1ccc(C2CNCCC2C2CCC2)cc1. The zero-order valence-corrected chi connectivity index (χ0v) is 11.7. The highest BCUT2D eigenvalue weighted by Gasteiger charge is 2.35. The van der Waals surface area contributed by atoms with Gasteiger partial charge in [0.05, 0.1) is 0 Å². The van der Waals surface area contributed by atoms with Crippen molar-refractivity contribution in [1.82, 2.24) is 5.32 Å². The number of nitrogens with one attached hydrogen (secondary N) is 1. The summed E-state index contributed by atoms with van der Waals surface area (Å²) in [5, 5.41) is 3.57. The molecule has 3 rings (SSSR count). The molecule has 0 amide bonds. The van der Waals surface area contributed by atoms with Crippen molar-refractivity contribution >= 4 is 15.9 Å². The molecule has 17 heavy (non-hydrogen) atoms. The number of hydrogen-bond donors (Lipinski definition) is 1. The average Bonchev–Trinajstić information content (AvgIpc) is 2.29. The van der Waals surface area contributed by atoms with Crippen molar-refractivity contribution < 1.29 is 0 Å². The Morgan fingerprint density at radius 3 is 2.47 bits per heavy atom. The third-order valence-corrected chi connectivity index (χ3v) is 5.12. The van der Waals surface area contributed by atoms with E-state index in [1.54, 1.807) is 0 Å². The quantitative estimate of drug-likeness (QED) is 0.871. The normalized spacial score (nSPS) is 29.9. The Morgan fingerprint density at radius 1 is 1.06 bits per heavy atom. The summed E-state index contributed by atoms with van der Waals surface area (Å²) in [4.78, 5) is 0. The zero-order valence-electron chi connectivity index (χ0n) is 10.2. The van der Waals surface area contributed by atoms with E-state index in [0.717, 1.165) is 17.8 Å². The van der Waals surface area contributed by atoms with Gasteiger partial charge in [0.2, 0.25) is 0 Å². The van der Waals surface area contributed by atoms with Crippen LogP contribution in [0.3, 0.4) is 0 Å². The molecular formula is C15H20BrN. The molecule has 0 bridgehead atoms. The standard InChI is InChI=1S/C15H20BrN/c16-13-6-4-12(5-7-13)15-10-17-9-8-14(15)11-2-1-3-11/h4-7,11,14-15,17H,1-3,8-10H2. The van der Waals surface area contributed by atoms with Crippen LogP contribution in [0.25, 0.3) is 0 Å². The molecule has 1 heterocycles. The van der Waals surface area contributed by atoms with E-state index in [1.165, 1.54) is 48.8 Å². The molecule has 92 valence electrons. The van der Waals surface area contributed by atoms with Crippen LogP contribution in [0, 0.1) is 11.8 Å². The highest BCUT2D eigenvalue weighted by Crippen LogP contribution is 2.43. The molecule has 0 aromatic heterocycles. The van der Waals surface area contributed by atoms with Gasteiger partial charge in [0.25, 0.3) is 0 Å². The number of rotatable bonds is 2. The summed E-state index contributed by atoms with van der Waals surface area (Å²) in [6, 6.07) is 8.96. The molecule has 1 saturated heterocycles. The van der Waals surface area contributed by atoms with Crippen LogP contribution in [0.2, 0.25) is 0 Å². The molecule has 1 saturated carbocycles. The Balaban J connectivity index is 1.80. The molecule has 1 nitrogen and oxygen atoms in total. The Kier molecular flexibility index (Phi) is 3.53. The van der Waals surface area contributed by atoms with Gasteiger partial charge < -0.3 is 5.32 Å². The Bertz CT molecular complexity index is 369. The largest absolute Gasteiger partial charge is 0.316 e. The zero-order chi connectivity index (χ0) is 11.7. The van der Waals surface area contributed by atoms with Crippen molar-refractivity contribution in [1.29, 1.82) is 0 Å². The lowest BCUT2D eigenvalue weighted by Gasteiger charge is -2.42. The summed E-state index contributed by atoms with van der Waals surface area (Å²) in [7, 11) is 0. The van der Waals surface area contributed by atoms with E-state index >= 15 is 0 Å². The average molecular weight is 294 g/mol. The van der Waals surface area contributed by atoms with Gasteiger partial charge in [0.15, 0.2) is 0 Å². The minimum atomic E-state index is 0.738.